The number of anilines is 1. The molecule has 1 spiro atoms. The van der Waals surface area contributed by atoms with Crippen LogP contribution in [0, 0.1) is 5.41 Å². The van der Waals surface area contributed by atoms with Crippen LogP contribution in [0.4, 0.5) is 10.6 Å². The molecule has 2 saturated heterocycles. The second kappa shape index (κ2) is 9.05. The number of hydrogen-bond donors (Lipinski definition) is 2. The molecule has 2 amide bonds. The molecule has 0 saturated carbocycles. The van der Waals surface area contributed by atoms with E-state index in [0.717, 1.165) is 68.5 Å². The Bertz CT molecular complexity index is 1180. The minimum atomic E-state index is -0.0193. The van der Waals surface area contributed by atoms with Crippen LogP contribution in [-0.2, 0) is 13.1 Å². The molecule has 0 aliphatic carbocycles. The van der Waals surface area contributed by atoms with Crippen molar-refractivity contribution < 1.29 is 9.32 Å². The number of nitrogens with two attached hydrogens (primary N) is 1. The van der Waals surface area contributed by atoms with Crippen molar-refractivity contribution in [3.63, 3.8) is 0 Å². The standard InChI is InChI=1S/C24H27Cl2N5O2/c25-19-5-3-17(10-20(19)26)13-30-9-7-24(14-30)6-1-8-31(15-24)23(32)28-12-16-2-4-18-21(11-16)33-29-22(18)27/h2-5,10-11H,1,6-9,12-15H2,(H2,27,29)(H,28,32). The van der Waals surface area contributed by atoms with Gasteiger partial charge in [0.15, 0.2) is 11.4 Å². The summed E-state index contributed by atoms with van der Waals surface area (Å²) in [7, 11) is 0. The lowest BCUT2D eigenvalue weighted by molar-refractivity contribution is 0.107. The molecule has 1 aromatic heterocycles. The highest BCUT2D eigenvalue weighted by atomic mass is 35.5. The van der Waals surface area contributed by atoms with Gasteiger partial charge in [-0.05, 0) is 61.2 Å². The van der Waals surface area contributed by atoms with E-state index in [1.54, 1.807) is 0 Å². The first kappa shape index (κ1) is 22.3. The van der Waals surface area contributed by atoms with Gasteiger partial charge in [-0.3, -0.25) is 4.90 Å². The van der Waals surface area contributed by atoms with Gasteiger partial charge < -0.3 is 20.5 Å². The van der Waals surface area contributed by atoms with Crippen molar-refractivity contribution in [2.75, 3.05) is 31.9 Å². The number of carbonyl (C=O) groups excluding carboxylic acids is 1. The third-order valence-electron chi connectivity index (χ3n) is 6.86. The van der Waals surface area contributed by atoms with Crippen LogP contribution in [0.1, 0.15) is 30.4 Å². The lowest BCUT2D eigenvalue weighted by Crippen LogP contribution is -2.50. The highest BCUT2D eigenvalue weighted by Gasteiger charge is 2.42. The summed E-state index contributed by atoms with van der Waals surface area (Å²) in [5, 5.41) is 8.80. The fourth-order valence-corrected chi connectivity index (χ4v) is 5.49. The van der Waals surface area contributed by atoms with E-state index in [1.165, 1.54) is 0 Å². The smallest absolute Gasteiger partial charge is 0.317 e. The van der Waals surface area contributed by atoms with Crippen molar-refractivity contribution in [2.45, 2.75) is 32.4 Å². The number of aromatic nitrogens is 1. The van der Waals surface area contributed by atoms with Crippen molar-refractivity contribution in [3.05, 3.63) is 57.6 Å². The molecule has 33 heavy (non-hydrogen) atoms. The van der Waals surface area contributed by atoms with Crippen LogP contribution >= 0.6 is 23.2 Å². The number of likely N-dealkylation sites (tertiary alicyclic amines) is 2. The molecule has 1 atom stereocenters. The Morgan fingerprint density at radius 3 is 2.79 bits per heavy atom. The zero-order valence-corrected chi connectivity index (χ0v) is 19.8. The van der Waals surface area contributed by atoms with Crippen LogP contribution in [0.3, 0.4) is 0 Å². The summed E-state index contributed by atoms with van der Waals surface area (Å²) in [4.78, 5) is 17.4. The van der Waals surface area contributed by atoms with E-state index in [9.17, 15) is 4.79 Å². The molecule has 3 heterocycles. The number of amides is 2. The second-order valence-corrected chi connectivity index (χ2v) is 10.1. The van der Waals surface area contributed by atoms with Gasteiger partial charge in [0.1, 0.15) is 0 Å². The third kappa shape index (κ3) is 4.76. The number of rotatable bonds is 4. The monoisotopic (exact) mass is 487 g/mol. The Labute approximate surface area is 202 Å². The molecule has 2 fully saturated rings. The Morgan fingerprint density at radius 2 is 1.94 bits per heavy atom. The van der Waals surface area contributed by atoms with Crippen molar-refractivity contribution >= 4 is 46.0 Å². The van der Waals surface area contributed by atoms with Gasteiger partial charge in [0, 0.05) is 38.1 Å². The molecular weight excluding hydrogens is 461 g/mol. The summed E-state index contributed by atoms with van der Waals surface area (Å²) in [5.74, 6) is 0.379. The van der Waals surface area contributed by atoms with Crippen molar-refractivity contribution in [3.8, 4) is 0 Å². The number of piperidine rings is 1. The van der Waals surface area contributed by atoms with Gasteiger partial charge in [-0.25, -0.2) is 4.79 Å². The molecule has 0 radical (unpaired) electrons. The van der Waals surface area contributed by atoms with Crippen LogP contribution in [0.2, 0.25) is 10.0 Å². The topological polar surface area (TPSA) is 87.6 Å². The quantitative estimate of drug-likeness (QED) is 0.545. The van der Waals surface area contributed by atoms with Crippen LogP contribution in [0.5, 0.6) is 0 Å². The van der Waals surface area contributed by atoms with E-state index in [2.05, 4.69) is 15.4 Å². The number of urea groups is 1. The van der Waals surface area contributed by atoms with Gasteiger partial charge in [-0.1, -0.05) is 40.5 Å². The molecule has 174 valence electrons. The first-order chi connectivity index (χ1) is 15.9. The number of carbonyl (C=O) groups is 1. The molecule has 5 rings (SSSR count). The average Bonchev–Trinajstić information content (AvgIpc) is 3.37. The number of halogens is 2. The Hall–Kier alpha value is -2.48. The molecule has 2 aliphatic rings. The number of nitrogens with zero attached hydrogens (tertiary/aromatic N) is 3. The van der Waals surface area contributed by atoms with Gasteiger partial charge in [0.2, 0.25) is 0 Å². The van der Waals surface area contributed by atoms with Crippen LogP contribution < -0.4 is 11.1 Å². The lowest BCUT2D eigenvalue weighted by Gasteiger charge is -2.40. The summed E-state index contributed by atoms with van der Waals surface area (Å²) in [6, 6.07) is 11.5. The zero-order valence-electron chi connectivity index (χ0n) is 18.3. The summed E-state index contributed by atoms with van der Waals surface area (Å²) < 4.78 is 5.22. The van der Waals surface area contributed by atoms with Gasteiger partial charge in [-0.15, -0.1) is 0 Å². The molecule has 3 N–H and O–H groups in total. The highest BCUT2D eigenvalue weighted by molar-refractivity contribution is 6.42. The van der Waals surface area contributed by atoms with E-state index < -0.39 is 0 Å². The Kier molecular flexibility index (Phi) is 6.12. The van der Waals surface area contributed by atoms with Gasteiger partial charge in [0.25, 0.3) is 0 Å². The summed E-state index contributed by atoms with van der Waals surface area (Å²) in [6.07, 6.45) is 3.28. The van der Waals surface area contributed by atoms with Crippen LogP contribution in [-0.4, -0.2) is 47.2 Å². The predicted octanol–water partition coefficient (Wildman–Crippen LogP) is 4.91. The number of fused-ring (bicyclic) bond motifs is 1. The van der Waals surface area contributed by atoms with Crippen molar-refractivity contribution in [1.29, 1.82) is 0 Å². The maximum Gasteiger partial charge on any atom is 0.317 e. The predicted molar refractivity (Wildman–Crippen MR) is 130 cm³/mol. The summed E-state index contributed by atoms with van der Waals surface area (Å²) in [5.41, 5.74) is 8.67. The van der Waals surface area contributed by atoms with Crippen LogP contribution in [0.25, 0.3) is 11.0 Å². The van der Waals surface area contributed by atoms with Gasteiger partial charge >= 0.3 is 6.03 Å². The second-order valence-electron chi connectivity index (χ2n) is 9.29. The Morgan fingerprint density at radius 1 is 1.09 bits per heavy atom. The number of nitrogens with one attached hydrogen (secondary N) is 1. The van der Waals surface area contributed by atoms with E-state index in [1.807, 2.05) is 41.3 Å². The van der Waals surface area contributed by atoms with E-state index in [0.29, 0.717) is 28.0 Å². The minimum absolute atomic E-state index is 0.0193. The molecule has 9 heteroatoms. The molecule has 7 nitrogen and oxygen atoms in total. The molecule has 0 bridgehead atoms. The number of benzene rings is 2. The molecular formula is C24H27Cl2N5O2. The van der Waals surface area contributed by atoms with E-state index in [-0.39, 0.29) is 11.4 Å². The van der Waals surface area contributed by atoms with Gasteiger partial charge in [0.05, 0.1) is 15.4 Å². The summed E-state index contributed by atoms with van der Waals surface area (Å²) >= 11 is 12.2. The molecule has 2 aliphatic heterocycles. The normalized spacial score (nSPS) is 21.2. The number of hydrogen-bond acceptors (Lipinski definition) is 5. The zero-order chi connectivity index (χ0) is 23.0. The Balaban J connectivity index is 1.17. The first-order valence-electron chi connectivity index (χ1n) is 11.2. The van der Waals surface area contributed by atoms with Crippen LogP contribution in [0.15, 0.2) is 40.9 Å². The minimum Gasteiger partial charge on any atom is -0.380 e. The van der Waals surface area contributed by atoms with E-state index in [4.69, 9.17) is 33.5 Å². The fraction of sp³-hybridized carbons (Fsp3) is 0.417. The molecule has 3 aromatic rings. The highest BCUT2D eigenvalue weighted by Crippen LogP contribution is 2.39. The first-order valence-corrected chi connectivity index (χ1v) is 12.0. The lowest BCUT2D eigenvalue weighted by atomic mass is 9.79. The number of nitrogen functional groups attached to an aromatic ring is 1. The van der Waals surface area contributed by atoms with Gasteiger partial charge in [-0.2, -0.15) is 0 Å². The maximum absolute atomic E-state index is 12.9. The van der Waals surface area contributed by atoms with Crippen molar-refractivity contribution in [1.82, 2.24) is 20.3 Å². The fourth-order valence-electron chi connectivity index (χ4n) is 5.17. The van der Waals surface area contributed by atoms with E-state index >= 15 is 0 Å². The molecule has 1 unspecified atom stereocenters. The average molecular weight is 488 g/mol. The third-order valence-corrected chi connectivity index (χ3v) is 7.60. The largest absolute Gasteiger partial charge is 0.380 e. The SMILES string of the molecule is Nc1noc2cc(CNC(=O)N3CCCC4(CCN(Cc5ccc(Cl)c(Cl)c5)C4)C3)ccc12. The molecule has 2 aromatic carbocycles. The maximum atomic E-state index is 12.9. The van der Waals surface area contributed by atoms with Crippen molar-refractivity contribution in [2.24, 2.45) is 5.41 Å². The summed E-state index contributed by atoms with van der Waals surface area (Å²) in [6.45, 7) is 4.87.